The zero-order valence-corrected chi connectivity index (χ0v) is 9.77. The Balaban J connectivity index is 2.74. The van der Waals surface area contributed by atoms with Crippen molar-refractivity contribution in [2.24, 2.45) is 0 Å². The molecule has 0 saturated heterocycles. The fourth-order valence-electron chi connectivity index (χ4n) is 1.23. The summed E-state index contributed by atoms with van der Waals surface area (Å²) < 4.78 is -0.0796. The Morgan fingerprint density at radius 1 is 1.43 bits per heavy atom. The van der Waals surface area contributed by atoms with Gasteiger partial charge in [0.1, 0.15) is 0 Å². The second-order valence-corrected chi connectivity index (χ2v) is 5.53. The number of thioether (sulfide) groups is 1. The highest BCUT2D eigenvalue weighted by atomic mass is 32.2. The van der Waals surface area contributed by atoms with Crippen LogP contribution in [0.1, 0.15) is 20.8 Å². The molecule has 78 valence electrons. The second kappa shape index (κ2) is 3.77. The Bertz CT molecular complexity index is 307. The third-order valence-electron chi connectivity index (χ3n) is 2.28. The second-order valence-electron chi connectivity index (χ2n) is 4.02. The summed E-state index contributed by atoms with van der Waals surface area (Å²) in [6.07, 6.45) is 3.38. The molecule has 4 heteroatoms. The lowest BCUT2D eigenvalue weighted by Gasteiger charge is -2.27. The van der Waals surface area contributed by atoms with Gasteiger partial charge in [0, 0.05) is 22.9 Å². The highest BCUT2D eigenvalue weighted by molar-refractivity contribution is 7.99. The summed E-state index contributed by atoms with van der Waals surface area (Å²) in [5.41, 5.74) is 0.534. The predicted octanol–water partition coefficient (Wildman–Crippen LogP) is 1.44. The Labute approximate surface area is 88.5 Å². The van der Waals surface area contributed by atoms with E-state index in [1.54, 1.807) is 18.7 Å². The minimum atomic E-state index is -0.186. The highest BCUT2D eigenvalue weighted by Gasteiger charge is 2.32. The van der Waals surface area contributed by atoms with Gasteiger partial charge in [-0.25, -0.2) is 0 Å². The first-order valence-corrected chi connectivity index (χ1v) is 5.69. The summed E-state index contributed by atoms with van der Waals surface area (Å²) in [5.74, 6) is -0.341. The minimum Gasteiger partial charge on any atom is -0.274 e. The first-order valence-electron chi connectivity index (χ1n) is 4.46. The monoisotopic (exact) mass is 213 g/mol. The van der Waals surface area contributed by atoms with Gasteiger partial charge >= 0.3 is 0 Å². The van der Waals surface area contributed by atoms with Crippen LogP contribution in [-0.2, 0) is 9.59 Å². The van der Waals surface area contributed by atoms with Crippen LogP contribution >= 0.6 is 11.8 Å². The molecular weight excluding hydrogens is 198 g/mol. The number of carbonyl (C=O) groups excluding carboxylic acids is 2. The highest BCUT2D eigenvalue weighted by Crippen LogP contribution is 2.25. The van der Waals surface area contributed by atoms with Crippen LogP contribution in [0.4, 0.5) is 0 Å². The molecule has 0 N–H and O–H groups in total. The van der Waals surface area contributed by atoms with Crippen LogP contribution in [0.5, 0.6) is 0 Å². The molecule has 1 aliphatic heterocycles. The number of nitrogens with zero attached hydrogens (tertiary/aromatic N) is 1. The normalized spacial score (nSPS) is 17.7. The molecule has 0 aliphatic carbocycles. The van der Waals surface area contributed by atoms with E-state index < -0.39 is 0 Å². The molecule has 0 aromatic heterocycles. The van der Waals surface area contributed by atoms with Crippen LogP contribution < -0.4 is 0 Å². The van der Waals surface area contributed by atoms with Gasteiger partial charge in [-0.05, 0) is 27.0 Å². The van der Waals surface area contributed by atoms with Gasteiger partial charge in [-0.15, -0.1) is 0 Å². The summed E-state index contributed by atoms with van der Waals surface area (Å²) in [4.78, 5) is 24.3. The van der Waals surface area contributed by atoms with Crippen molar-refractivity contribution in [3.63, 3.8) is 0 Å². The Hall–Kier alpha value is -0.770. The van der Waals surface area contributed by atoms with Gasteiger partial charge in [0.05, 0.1) is 0 Å². The van der Waals surface area contributed by atoms with Crippen LogP contribution in [0.3, 0.4) is 0 Å². The van der Waals surface area contributed by atoms with Crippen molar-refractivity contribution in [3.05, 3.63) is 11.6 Å². The molecule has 0 saturated carbocycles. The lowest BCUT2D eigenvalue weighted by atomic mass is 10.2. The Morgan fingerprint density at radius 2 is 2.00 bits per heavy atom. The molecule has 0 spiro atoms. The predicted molar refractivity (Wildman–Crippen MR) is 58.1 cm³/mol. The molecule has 1 aliphatic rings. The van der Waals surface area contributed by atoms with Crippen LogP contribution in [0.2, 0.25) is 0 Å². The van der Waals surface area contributed by atoms with Gasteiger partial charge in [0.15, 0.2) is 0 Å². The van der Waals surface area contributed by atoms with Crippen molar-refractivity contribution < 1.29 is 9.59 Å². The minimum absolute atomic E-state index is 0.0796. The molecule has 0 aromatic rings. The van der Waals surface area contributed by atoms with Gasteiger partial charge in [0.25, 0.3) is 11.8 Å². The van der Waals surface area contributed by atoms with Crippen LogP contribution in [0.25, 0.3) is 0 Å². The summed E-state index contributed by atoms with van der Waals surface area (Å²) in [7, 11) is 0. The third-order valence-corrected chi connectivity index (χ3v) is 3.51. The van der Waals surface area contributed by atoms with Gasteiger partial charge in [-0.1, -0.05) is 0 Å². The van der Waals surface area contributed by atoms with E-state index in [0.29, 0.717) is 12.1 Å². The summed E-state index contributed by atoms with van der Waals surface area (Å²) in [5, 5.41) is 0. The maximum atomic E-state index is 11.5. The van der Waals surface area contributed by atoms with Gasteiger partial charge in [-0.3, -0.25) is 14.5 Å². The van der Waals surface area contributed by atoms with Crippen molar-refractivity contribution >= 4 is 23.6 Å². The fraction of sp³-hybridized carbons (Fsp3) is 0.600. The van der Waals surface area contributed by atoms with E-state index in [1.807, 2.05) is 20.1 Å². The number of amides is 2. The van der Waals surface area contributed by atoms with E-state index >= 15 is 0 Å². The summed E-state index contributed by atoms with van der Waals surface area (Å²) in [6, 6.07) is 0. The maximum absolute atomic E-state index is 11.5. The summed E-state index contributed by atoms with van der Waals surface area (Å²) in [6.45, 7) is 6.18. The average molecular weight is 213 g/mol. The molecule has 14 heavy (non-hydrogen) atoms. The molecule has 2 amide bonds. The van der Waals surface area contributed by atoms with Crippen LogP contribution in [-0.4, -0.2) is 34.3 Å². The number of hydrogen-bond donors (Lipinski definition) is 0. The van der Waals surface area contributed by atoms with E-state index in [0.717, 1.165) is 0 Å². The van der Waals surface area contributed by atoms with E-state index in [9.17, 15) is 9.59 Å². The zero-order valence-electron chi connectivity index (χ0n) is 8.96. The van der Waals surface area contributed by atoms with E-state index in [-0.39, 0.29) is 16.6 Å². The smallest absolute Gasteiger partial charge is 0.256 e. The molecule has 0 radical (unpaired) electrons. The van der Waals surface area contributed by atoms with Gasteiger partial charge < -0.3 is 0 Å². The van der Waals surface area contributed by atoms with Gasteiger partial charge in [0.2, 0.25) is 0 Å². The zero-order chi connectivity index (χ0) is 10.9. The molecule has 0 fully saturated rings. The molecule has 0 unspecified atom stereocenters. The number of imide groups is 1. The largest absolute Gasteiger partial charge is 0.274 e. The standard InChI is InChI=1S/C10H15NO2S/c1-7-5-8(12)11(9(7)13)6-10(2,3)14-4/h5H,6H2,1-4H3. The maximum Gasteiger partial charge on any atom is 0.256 e. The molecule has 1 rings (SSSR count). The number of rotatable bonds is 3. The summed E-state index contributed by atoms with van der Waals surface area (Å²) >= 11 is 1.65. The molecule has 3 nitrogen and oxygen atoms in total. The van der Waals surface area contributed by atoms with Crippen molar-refractivity contribution in [2.45, 2.75) is 25.5 Å². The number of hydrogen-bond acceptors (Lipinski definition) is 3. The van der Waals surface area contributed by atoms with Crippen molar-refractivity contribution in [2.75, 3.05) is 12.8 Å². The third kappa shape index (κ3) is 2.18. The average Bonchev–Trinajstić information content (AvgIpc) is 2.32. The van der Waals surface area contributed by atoms with Gasteiger partial charge in [-0.2, -0.15) is 11.8 Å². The van der Waals surface area contributed by atoms with E-state index in [4.69, 9.17) is 0 Å². The van der Waals surface area contributed by atoms with Crippen molar-refractivity contribution in [3.8, 4) is 0 Å². The Kier molecular flexibility index (Phi) is 3.04. The SMILES string of the molecule is CSC(C)(C)CN1C(=O)C=C(C)C1=O. The van der Waals surface area contributed by atoms with E-state index in [2.05, 4.69) is 0 Å². The first-order chi connectivity index (χ1) is 6.37. The lowest BCUT2D eigenvalue weighted by Crippen LogP contribution is -2.40. The van der Waals surface area contributed by atoms with Crippen LogP contribution in [0.15, 0.2) is 11.6 Å². The van der Waals surface area contributed by atoms with Crippen molar-refractivity contribution in [1.82, 2.24) is 4.90 Å². The van der Waals surface area contributed by atoms with E-state index in [1.165, 1.54) is 11.0 Å². The lowest BCUT2D eigenvalue weighted by molar-refractivity contribution is -0.137. The molecule has 0 atom stereocenters. The Morgan fingerprint density at radius 3 is 2.36 bits per heavy atom. The first kappa shape index (κ1) is 11.3. The molecule has 0 aromatic carbocycles. The molecule has 1 heterocycles. The van der Waals surface area contributed by atoms with Crippen molar-refractivity contribution in [1.29, 1.82) is 0 Å². The van der Waals surface area contributed by atoms with Crippen LogP contribution in [0, 0.1) is 0 Å². The number of carbonyl (C=O) groups is 2. The quantitative estimate of drug-likeness (QED) is 0.666. The molecule has 0 bridgehead atoms. The topological polar surface area (TPSA) is 37.4 Å². The molecular formula is C10H15NO2S. The fourth-order valence-corrected chi connectivity index (χ4v) is 1.49.